The predicted molar refractivity (Wildman–Crippen MR) is 87.2 cm³/mol. The molecule has 0 spiro atoms. The highest BCUT2D eigenvalue weighted by Crippen LogP contribution is 2.25. The van der Waals surface area contributed by atoms with Gasteiger partial charge in [0.05, 0.1) is 0 Å². The van der Waals surface area contributed by atoms with Crippen LogP contribution < -0.4 is 5.32 Å². The molecule has 1 unspecified atom stereocenters. The Labute approximate surface area is 126 Å². The number of nitrogens with one attached hydrogen (secondary N) is 1. The highest BCUT2D eigenvalue weighted by molar-refractivity contribution is 4.81. The number of hydrogen-bond acceptors (Lipinski definition) is 3. The van der Waals surface area contributed by atoms with Crippen molar-refractivity contribution in [2.24, 2.45) is 11.3 Å². The SMILES string of the molecule is CCCC(C)(CNC(C)C)CN(C)CC1CCOCC1. The molecule has 1 atom stereocenters. The first-order chi connectivity index (χ1) is 9.45. The van der Waals surface area contributed by atoms with Gasteiger partial charge in [0.1, 0.15) is 0 Å². The molecule has 1 aliphatic rings. The first-order valence-corrected chi connectivity index (χ1v) is 8.45. The summed E-state index contributed by atoms with van der Waals surface area (Å²) in [7, 11) is 2.29. The van der Waals surface area contributed by atoms with Crippen LogP contribution in [-0.2, 0) is 4.74 Å². The molecule has 0 aromatic heterocycles. The first kappa shape index (κ1) is 17.9. The largest absolute Gasteiger partial charge is 0.381 e. The molecule has 120 valence electrons. The zero-order valence-electron chi connectivity index (χ0n) is 14.4. The van der Waals surface area contributed by atoms with Crippen molar-refractivity contribution in [2.45, 2.75) is 59.4 Å². The van der Waals surface area contributed by atoms with E-state index in [9.17, 15) is 0 Å². The van der Waals surface area contributed by atoms with Gasteiger partial charge in [-0.1, -0.05) is 34.1 Å². The van der Waals surface area contributed by atoms with Crippen LogP contribution in [0.1, 0.15) is 53.4 Å². The Morgan fingerprint density at radius 2 is 1.95 bits per heavy atom. The molecule has 0 radical (unpaired) electrons. The number of nitrogens with zero attached hydrogens (tertiary/aromatic N) is 1. The third-order valence-corrected chi connectivity index (χ3v) is 4.35. The van der Waals surface area contributed by atoms with E-state index in [4.69, 9.17) is 4.74 Å². The van der Waals surface area contributed by atoms with Gasteiger partial charge in [-0.3, -0.25) is 0 Å². The van der Waals surface area contributed by atoms with Gasteiger partial charge in [0.25, 0.3) is 0 Å². The van der Waals surface area contributed by atoms with E-state index in [1.54, 1.807) is 0 Å². The maximum absolute atomic E-state index is 5.46. The van der Waals surface area contributed by atoms with Crippen LogP contribution in [0.4, 0.5) is 0 Å². The van der Waals surface area contributed by atoms with Crippen molar-refractivity contribution in [3.8, 4) is 0 Å². The molecular weight excluding hydrogens is 248 g/mol. The van der Waals surface area contributed by atoms with Gasteiger partial charge in [-0.25, -0.2) is 0 Å². The summed E-state index contributed by atoms with van der Waals surface area (Å²) in [5.74, 6) is 0.831. The lowest BCUT2D eigenvalue weighted by Gasteiger charge is -2.36. The summed E-state index contributed by atoms with van der Waals surface area (Å²) in [6, 6.07) is 0.576. The van der Waals surface area contributed by atoms with Crippen molar-refractivity contribution < 1.29 is 4.74 Å². The van der Waals surface area contributed by atoms with Crippen LogP contribution >= 0.6 is 0 Å². The molecule has 1 N–H and O–H groups in total. The molecular formula is C17H36N2O. The lowest BCUT2D eigenvalue weighted by Crippen LogP contribution is -2.44. The molecule has 1 saturated heterocycles. The van der Waals surface area contributed by atoms with E-state index >= 15 is 0 Å². The maximum Gasteiger partial charge on any atom is 0.0469 e. The Balaban J connectivity index is 2.41. The highest BCUT2D eigenvalue weighted by atomic mass is 16.5. The molecule has 1 heterocycles. The van der Waals surface area contributed by atoms with Crippen molar-refractivity contribution in [1.29, 1.82) is 0 Å². The summed E-state index contributed by atoms with van der Waals surface area (Å²) in [5.41, 5.74) is 0.388. The summed E-state index contributed by atoms with van der Waals surface area (Å²) in [6.45, 7) is 14.7. The van der Waals surface area contributed by atoms with Gasteiger partial charge in [-0.05, 0) is 37.6 Å². The van der Waals surface area contributed by atoms with Crippen LogP contribution in [0.15, 0.2) is 0 Å². The van der Waals surface area contributed by atoms with Gasteiger partial charge in [0, 0.05) is 38.9 Å². The third kappa shape index (κ3) is 7.05. The van der Waals surface area contributed by atoms with Crippen LogP contribution in [0.25, 0.3) is 0 Å². The molecule has 1 rings (SSSR count). The van der Waals surface area contributed by atoms with Crippen molar-refractivity contribution in [2.75, 3.05) is 39.9 Å². The smallest absolute Gasteiger partial charge is 0.0469 e. The zero-order valence-corrected chi connectivity index (χ0v) is 14.4. The van der Waals surface area contributed by atoms with Crippen molar-refractivity contribution in [3.05, 3.63) is 0 Å². The lowest BCUT2D eigenvalue weighted by atomic mass is 9.84. The normalized spacial score (nSPS) is 20.6. The second-order valence-electron chi connectivity index (χ2n) is 7.35. The average Bonchev–Trinajstić information content (AvgIpc) is 2.37. The second-order valence-corrected chi connectivity index (χ2v) is 7.35. The Hall–Kier alpha value is -0.120. The van der Waals surface area contributed by atoms with Crippen molar-refractivity contribution in [3.63, 3.8) is 0 Å². The standard InChI is InChI=1S/C17H36N2O/c1-6-9-17(4,13-18-15(2)3)14-19(5)12-16-7-10-20-11-8-16/h15-16,18H,6-14H2,1-5H3. The van der Waals surface area contributed by atoms with E-state index in [0.29, 0.717) is 11.5 Å². The Bertz CT molecular complexity index is 251. The minimum atomic E-state index is 0.388. The van der Waals surface area contributed by atoms with E-state index in [-0.39, 0.29) is 0 Å². The van der Waals surface area contributed by atoms with Crippen LogP contribution in [0.3, 0.4) is 0 Å². The first-order valence-electron chi connectivity index (χ1n) is 8.45. The number of hydrogen-bond donors (Lipinski definition) is 1. The molecule has 0 aromatic carbocycles. The highest BCUT2D eigenvalue weighted by Gasteiger charge is 2.26. The molecule has 3 heteroatoms. The van der Waals surface area contributed by atoms with E-state index in [0.717, 1.165) is 25.7 Å². The van der Waals surface area contributed by atoms with Gasteiger partial charge in [-0.15, -0.1) is 0 Å². The predicted octanol–water partition coefficient (Wildman–Crippen LogP) is 3.15. The van der Waals surface area contributed by atoms with Crippen LogP contribution in [0.2, 0.25) is 0 Å². The van der Waals surface area contributed by atoms with E-state index in [2.05, 4.69) is 45.0 Å². The fraction of sp³-hybridized carbons (Fsp3) is 1.00. The summed E-state index contributed by atoms with van der Waals surface area (Å²) in [5, 5.41) is 3.63. The van der Waals surface area contributed by atoms with E-state index in [1.807, 2.05) is 0 Å². The van der Waals surface area contributed by atoms with E-state index in [1.165, 1.54) is 38.8 Å². The lowest BCUT2D eigenvalue weighted by molar-refractivity contribution is 0.0495. The maximum atomic E-state index is 5.46. The van der Waals surface area contributed by atoms with Gasteiger partial charge in [-0.2, -0.15) is 0 Å². The average molecular weight is 284 g/mol. The molecule has 20 heavy (non-hydrogen) atoms. The topological polar surface area (TPSA) is 24.5 Å². The molecule has 0 aromatic rings. The van der Waals surface area contributed by atoms with Crippen molar-refractivity contribution in [1.82, 2.24) is 10.2 Å². The summed E-state index contributed by atoms with van der Waals surface area (Å²) < 4.78 is 5.46. The second kappa shape index (κ2) is 9.01. The minimum absolute atomic E-state index is 0.388. The summed E-state index contributed by atoms with van der Waals surface area (Å²) in [4.78, 5) is 2.55. The fourth-order valence-electron chi connectivity index (χ4n) is 3.36. The van der Waals surface area contributed by atoms with Gasteiger partial charge in [0.15, 0.2) is 0 Å². The molecule has 0 bridgehead atoms. The minimum Gasteiger partial charge on any atom is -0.381 e. The fourth-order valence-corrected chi connectivity index (χ4v) is 3.36. The molecule has 0 aliphatic carbocycles. The quantitative estimate of drug-likeness (QED) is 0.704. The van der Waals surface area contributed by atoms with Crippen LogP contribution in [-0.4, -0.2) is 50.8 Å². The van der Waals surface area contributed by atoms with Crippen molar-refractivity contribution >= 4 is 0 Å². The molecule has 1 fully saturated rings. The Kier molecular flexibility index (Phi) is 8.08. The monoisotopic (exact) mass is 284 g/mol. The number of rotatable bonds is 9. The molecule has 3 nitrogen and oxygen atoms in total. The third-order valence-electron chi connectivity index (χ3n) is 4.35. The molecule has 0 amide bonds. The molecule has 0 saturated carbocycles. The van der Waals surface area contributed by atoms with Crippen LogP contribution in [0, 0.1) is 11.3 Å². The van der Waals surface area contributed by atoms with Gasteiger partial charge >= 0.3 is 0 Å². The summed E-state index contributed by atoms with van der Waals surface area (Å²) >= 11 is 0. The zero-order chi connectivity index (χ0) is 15.0. The Morgan fingerprint density at radius 3 is 2.50 bits per heavy atom. The van der Waals surface area contributed by atoms with Gasteiger partial charge in [0.2, 0.25) is 0 Å². The number of ether oxygens (including phenoxy) is 1. The van der Waals surface area contributed by atoms with E-state index < -0.39 is 0 Å². The Morgan fingerprint density at radius 1 is 1.30 bits per heavy atom. The molecule has 1 aliphatic heterocycles. The van der Waals surface area contributed by atoms with Gasteiger partial charge < -0.3 is 15.0 Å². The summed E-state index contributed by atoms with van der Waals surface area (Å²) in [6.07, 6.45) is 5.03. The van der Waals surface area contributed by atoms with Crippen LogP contribution in [0.5, 0.6) is 0 Å².